The minimum Gasteiger partial charge on any atom is -0.468 e. The smallest absolute Gasteiger partial charge is 0.422 e. The highest BCUT2D eigenvalue weighted by atomic mass is 32.2. The number of benzene rings is 2. The van der Waals surface area contributed by atoms with E-state index in [9.17, 15) is 26.4 Å². The number of fused-ring (bicyclic) bond motifs is 1. The Morgan fingerprint density at radius 3 is 2.41 bits per heavy atom. The zero-order valence-corrected chi connectivity index (χ0v) is 18.8. The number of ether oxygens (including phenoxy) is 1. The van der Waals surface area contributed by atoms with Gasteiger partial charge in [0, 0.05) is 25.1 Å². The maximum Gasteiger partial charge on any atom is 0.422 e. The van der Waals surface area contributed by atoms with Gasteiger partial charge in [0.25, 0.3) is 0 Å². The number of nitrogens with zero attached hydrogens (tertiary/aromatic N) is 2. The number of carbonyl (C=O) groups excluding carboxylic acids is 1. The van der Waals surface area contributed by atoms with Crippen molar-refractivity contribution in [3.05, 3.63) is 60.8 Å². The normalized spacial score (nSPS) is 15.9. The van der Waals surface area contributed by atoms with Crippen molar-refractivity contribution in [2.24, 2.45) is 5.92 Å². The van der Waals surface area contributed by atoms with Gasteiger partial charge < -0.3 is 10.1 Å². The molecule has 1 aliphatic heterocycles. The largest absolute Gasteiger partial charge is 0.468 e. The van der Waals surface area contributed by atoms with Crippen LogP contribution in [-0.2, 0) is 14.8 Å². The zero-order chi connectivity index (χ0) is 24.3. The van der Waals surface area contributed by atoms with Crippen LogP contribution in [0.1, 0.15) is 12.8 Å². The Bertz CT molecular complexity index is 1270. The zero-order valence-electron chi connectivity index (χ0n) is 18.0. The van der Waals surface area contributed by atoms with E-state index in [4.69, 9.17) is 0 Å². The van der Waals surface area contributed by atoms with Gasteiger partial charge in [0.2, 0.25) is 21.8 Å². The molecule has 0 unspecified atom stereocenters. The Morgan fingerprint density at radius 1 is 1.06 bits per heavy atom. The number of aromatic nitrogens is 1. The van der Waals surface area contributed by atoms with Crippen LogP contribution in [0.2, 0.25) is 0 Å². The van der Waals surface area contributed by atoms with E-state index in [0.29, 0.717) is 18.5 Å². The molecule has 34 heavy (non-hydrogen) atoms. The third-order valence-electron chi connectivity index (χ3n) is 5.57. The highest BCUT2D eigenvalue weighted by molar-refractivity contribution is 7.89. The van der Waals surface area contributed by atoms with Gasteiger partial charge in [0.05, 0.1) is 16.8 Å². The van der Waals surface area contributed by atoms with Crippen molar-refractivity contribution in [2.45, 2.75) is 23.9 Å². The molecule has 180 valence electrons. The molecule has 2 aromatic carbocycles. The van der Waals surface area contributed by atoms with E-state index < -0.39 is 28.7 Å². The fourth-order valence-electron chi connectivity index (χ4n) is 3.77. The summed E-state index contributed by atoms with van der Waals surface area (Å²) in [5.74, 6) is -0.903. The first-order valence-corrected chi connectivity index (χ1v) is 12.0. The van der Waals surface area contributed by atoms with Crippen molar-refractivity contribution in [2.75, 3.05) is 25.0 Å². The van der Waals surface area contributed by atoms with Crippen LogP contribution in [0.5, 0.6) is 5.88 Å². The average molecular weight is 494 g/mol. The molecule has 1 aromatic heterocycles. The van der Waals surface area contributed by atoms with Crippen molar-refractivity contribution >= 4 is 32.4 Å². The minimum atomic E-state index is -4.47. The fourth-order valence-corrected chi connectivity index (χ4v) is 5.28. The van der Waals surface area contributed by atoms with Gasteiger partial charge in [0.15, 0.2) is 6.61 Å². The molecule has 3 aromatic rings. The first kappa shape index (κ1) is 24.0. The molecule has 0 aliphatic carbocycles. The number of hydrogen-bond donors (Lipinski definition) is 1. The monoisotopic (exact) mass is 493 g/mol. The summed E-state index contributed by atoms with van der Waals surface area (Å²) in [4.78, 5) is 16.6. The van der Waals surface area contributed by atoms with Crippen LogP contribution in [0.15, 0.2) is 65.7 Å². The van der Waals surface area contributed by atoms with Gasteiger partial charge in [-0.15, -0.1) is 0 Å². The molecule has 1 aliphatic rings. The van der Waals surface area contributed by atoms with Crippen molar-refractivity contribution in [3.63, 3.8) is 0 Å². The molecule has 2 heterocycles. The number of sulfonamides is 1. The van der Waals surface area contributed by atoms with Gasteiger partial charge in [-0.05, 0) is 41.8 Å². The number of halogens is 3. The summed E-state index contributed by atoms with van der Waals surface area (Å²) in [6, 6.07) is 15.2. The van der Waals surface area contributed by atoms with Crippen LogP contribution >= 0.6 is 0 Å². The lowest BCUT2D eigenvalue weighted by Gasteiger charge is -2.30. The number of anilines is 1. The first-order valence-electron chi connectivity index (χ1n) is 10.6. The Morgan fingerprint density at radius 2 is 1.76 bits per heavy atom. The van der Waals surface area contributed by atoms with E-state index in [0.717, 1.165) is 10.8 Å². The van der Waals surface area contributed by atoms with Crippen LogP contribution < -0.4 is 10.1 Å². The topological polar surface area (TPSA) is 88.6 Å². The second kappa shape index (κ2) is 9.59. The summed E-state index contributed by atoms with van der Waals surface area (Å²) in [5, 5.41) is 4.45. The standard InChI is InChI=1S/C23H22F3N3O4S/c24-23(25,26)15-33-21-8-6-19(14-27-21)28-22(30)17-9-11-29(12-10-17)34(31,32)20-7-5-16-3-1-2-4-18(16)13-20/h1-8,13-14,17H,9-12,15H2,(H,28,30). The molecule has 0 atom stereocenters. The van der Waals surface area contributed by atoms with Crippen molar-refractivity contribution in [3.8, 4) is 5.88 Å². The van der Waals surface area contributed by atoms with Gasteiger partial charge in [-0.1, -0.05) is 30.3 Å². The quantitative estimate of drug-likeness (QED) is 0.556. The molecule has 0 saturated carbocycles. The van der Waals surface area contributed by atoms with E-state index >= 15 is 0 Å². The van der Waals surface area contributed by atoms with Gasteiger partial charge in [0.1, 0.15) is 0 Å². The third kappa shape index (κ3) is 5.65. The molecule has 4 rings (SSSR count). The van der Waals surface area contributed by atoms with Crippen LogP contribution in [-0.4, -0.2) is 49.5 Å². The second-order valence-corrected chi connectivity index (χ2v) is 9.90. The van der Waals surface area contributed by atoms with Gasteiger partial charge >= 0.3 is 6.18 Å². The number of nitrogens with one attached hydrogen (secondary N) is 1. The van der Waals surface area contributed by atoms with Crippen molar-refractivity contribution in [1.82, 2.24) is 9.29 Å². The maximum atomic E-state index is 13.1. The number of pyridine rings is 1. The Kier molecular flexibility index (Phi) is 6.76. The summed E-state index contributed by atoms with van der Waals surface area (Å²) in [5.41, 5.74) is 0.315. The number of amides is 1. The summed E-state index contributed by atoms with van der Waals surface area (Å²) >= 11 is 0. The van der Waals surface area contributed by atoms with E-state index in [2.05, 4.69) is 15.0 Å². The van der Waals surface area contributed by atoms with Crippen molar-refractivity contribution in [1.29, 1.82) is 0 Å². The van der Waals surface area contributed by atoms with E-state index in [1.807, 2.05) is 24.3 Å². The number of piperidine rings is 1. The summed E-state index contributed by atoms with van der Waals surface area (Å²) < 4.78 is 68.7. The Balaban J connectivity index is 1.33. The van der Waals surface area contributed by atoms with Crippen LogP contribution in [0.3, 0.4) is 0 Å². The van der Waals surface area contributed by atoms with E-state index in [1.165, 1.54) is 22.6 Å². The average Bonchev–Trinajstić information content (AvgIpc) is 2.83. The minimum absolute atomic E-state index is 0.204. The SMILES string of the molecule is O=C(Nc1ccc(OCC(F)(F)F)nc1)C1CCN(S(=O)(=O)c2ccc3ccccc3c2)CC1. The highest BCUT2D eigenvalue weighted by Gasteiger charge is 2.32. The first-order chi connectivity index (χ1) is 16.1. The van der Waals surface area contributed by atoms with Gasteiger partial charge in [-0.3, -0.25) is 4.79 Å². The van der Waals surface area contributed by atoms with E-state index in [1.54, 1.807) is 18.2 Å². The molecule has 0 radical (unpaired) electrons. The highest BCUT2D eigenvalue weighted by Crippen LogP contribution is 2.27. The number of alkyl halides is 3. The maximum absolute atomic E-state index is 13.1. The molecule has 1 N–H and O–H groups in total. The third-order valence-corrected chi connectivity index (χ3v) is 7.47. The molecular formula is C23H22F3N3O4S. The second-order valence-electron chi connectivity index (χ2n) is 7.97. The lowest BCUT2D eigenvalue weighted by molar-refractivity contribution is -0.154. The molecule has 0 bridgehead atoms. The van der Waals surface area contributed by atoms with Crippen LogP contribution in [0.25, 0.3) is 10.8 Å². The van der Waals surface area contributed by atoms with Crippen LogP contribution in [0, 0.1) is 5.92 Å². The summed E-state index contributed by atoms with van der Waals surface area (Å²) in [7, 11) is -3.68. The fraction of sp³-hybridized carbons (Fsp3) is 0.304. The molecule has 1 saturated heterocycles. The van der Waals surface area contributed by atoms with E-state index in [-0.39, 0.29) is 29.8 Å². The molecule has 11 heteroatoms. The lowest BCUT2D eigenvalue weighted by atomic mass is 9.97. The molecule has 7 nitrogen and oxygen atoms in total. The molecule has 0 spiro atoms. The predicted molar refractivity (Wildman–Crippen MR) is 120 cm³/mol. The van der Waals surface area contributed by atoms with Crippen molar-refractivity contribution < 1.29 is 31.1 Å². The van der Waals surface area contributed by atoms with Crippen LogP contribution in [0.4, 0.5) is 18.9 Å². The summed E-state index contributed by atoms with van der Waals surface area (Å²) in [6.45, 7) is -1.04. The molecule has 1 amide bonds. The Labute approximate surface area is 194 Å². The number of carbonyl (C=O) groups is 1. The predicted octanol–water partition coefficient (Wildman–Crippen LogP) is 4.22. The number of rotatable bonds is 6. The summed E-state index contributed by atoms with van der Waals surface area (Å²) in [6.07, 6.45) is -2.56. The van der Waals surface area contributed by atoms with Gasteiger partial charge in [-0.2, -0.15) is 17.5 Å². The molecule has 1 fully saturated rings. The van der Waals surface area contributed by atoms with Gasteiger partial charge in [-0.25, -0.2) is 13.4 Å². The number of hydrogen-bond acceptors (Lipinski definition) is 5. The molecular weight excluding hydrogens is 471 g/mol. The lowest BCUT2D eigenvalue weighted by Crippen LogP contribution is -2.41. The Hall–Kier alpha value is -3.18.